The molecule has 0 atom stereocenters. The molecule has 0 aliphatic rings. The maximum atomic E-state index is 11.5. The molecule has 0 aromatic rings. The van der Waals surface area contributed by atoms with Crippen molar-refractivity contribution in [2.45, 2.75) is 72.6 Å². The van der Waals surface area contributed by atoms with E-state index in [4.69, 9.17) is 5.73 Å². The molecule has 0 rings (SSSR count). The Morgan fingerprint density at radius 1 is 1.00 bits per heavy atom. The van der Waals surface area contributed by atoms with Gasteiger partial charge >= 0.3 is 135 Å². The summed E-state index contributed by atoms with van der Waals surface area (Å²) >= 11 is -2.39. The molecule has 21 heavy (non-hydrogen) atoms. The summed E-state index contributed by atoms with van der Waals surface area (Å²) in [6, 6.07) is 0. The first-order chi connectivity index (χ1) is 10.0. The molecule has 0 bridgehead atoms. The van der Waals surface area contributed by atoms with E-state index in [0.29, 0.717) is 13.1 Å². The van der Waals surface area contributed by atoms with Crippen LogP contribution in [-0.2, 0) is 0 Å². The van der Waals surface area contributed by atoms with Crippen molar-refractivity contribution in [2.75, 3.05) is 17.7 Å². The second kappa shape index (κ2) is 12.6. The van der Waals surface area contributed by atoms with E-state index >= 15 is 0 Å². The van der Waals surface area contributed by atoms with Gasteiger partial charge in [0, 0.05) is 0 Å². The summed E-state index contributed by atoms with van der Waals surface area (Å²) in [6.45, 7) is 7.66. The predicted molar refractivity (Wildman–Crippen MR) is 93.6 cm³/mol. The van der Waals surface area contributed by atoms with Gasteiger partial charge in [0.25, 0.3) is 0 Å². The van der Waals surface area contributed by atoms with Gasteiger partial charge in [-0.05, 0) is 0 Å². The van der Waals surface area contributed by atoms with Gasteiger partial charge in [-0.1, -0.05) is 0 Å². The van der Waals surface area contributed by atoms with Gasteiger partial charge in [-0.25, -0.2) is 0 Å². The van der Waals surface area contributed by atoms with Gasteiger partial charge < -0.3 is 0 Å². The molecule has 3 N–H and O–H groups in total. The molecule has 126 valence electrons. The second-order valence-electron chi connectivity index (χ2n) is 6.30. The molecule has 0 aliphatic carbocycles. The Balaban J connectivity index is 5.02. The van der Waals surface area contributed by atoms with Gasteiger partial charge in [0.2, 0.25) is 0 Å². The zero-order chi connectivity index (χ0) is 16.1. The van der Waals surface area contributed by atoms with E-state index in [0.717, 1.165) is 4.56 Å². The van der Waals surface area contributed by atoms with Gasteiger partial charge in [-0.3, -0.25) is 0 Å². The molecule has 0 saturated carbocycles. The zero-order valence-electron chi connectivity index (χ0n) is 14.4. The van der Waals surface area contributed by atoms with Crippen LogP contribution in [-0.4, -0.2) is 52.1 Å². The number of hydrogen-bond donors (Lipinski definition) is 2. The van der Waals surface area contributed by atoms with Crippen molar-refractivity contribution in [3.63, 3.8) is 0 Å². The average molecular weight is 407 g/mol. The summed E-state index contributed by atoms with van der Waals surface area (Å²) in [5, 5.41) is 9.45. The molecule has 0 spiro atoms. The summed E-state index contributed by atoms with van der Waals surface area (Å²) in [4.78, 5) is 13.1. The van der Waals surface area contributed by atoms with Crippen LogP contribution in [0.25, 0.3) is 0 Å². The molecular weight excluding hydrogens is 371 g/mol. The molecule has 0 aromatic heterocycles. The van der Waals surface area contributed by atoms with E-state index < -0.39 is 24.5 Å². The van der Waals surface area contributed by atoms with Crippen LogP contribution in [0.2, 0.25) is 13.3 Å². The molecule has 0 aromatic carbocycles. The number of amides is 1. The number of carboxylic acid groups (broad SMARTS) is 1. The van der Waals surface area contributed by atoms with Crippen LogP contribution >= 0.6 is 0 Å². The topological polar surface area (TPSA) is 66.6 Å². The minimum atomic E-state index is -2.39. The van der Waals surface area contributed by atoms with Gasteiger partial charge in [0.1, 0.15) is 0 Å². The number of rotatable bonds is 13. The van der Waals surface area contributed by atoms with E-state index in [-0.39, 0.29) is 0 Å². The van der Waals surface area contributed by atoms with Crippen LogP contribution in [0.4, 0.5) is 4.79 Å². The van der Waals surface area contributed by atoms with Crippen LogP contribution in [0.15, 0.2) is 0 Å². The summed E-state index contributed by atoms with van der Waals surface area (Å²) < 4.78 is 4.90. The monoisotopic (exact) mass is 408 g/mol. The number of unbranched alkanes of at least 4 members (excludes halogenated alkanes) is 3. The standard InChI is InChI=1S/C4H9N2O2.3C4H9.Sn/c1-6(3-2-5)4(7)8;3*1-3-4-2;/h1-3,5H2,(H,7,8);3*1,3-4H2,2H3;. The molecule has 0 fully saturated rings. The van der Waals surface area contributed by atoms with Gasteiger partial charge in [0.15, 0.2) is 0 Å². The molecule has 0 aliphatic heterocycles. The van der Waals surface area contributed by atoms with E-state index in [1.165, 1.54) is 51.8 Å². The SMILES string of the molecule is CCC[CH2][Sn]([CH2]CCC)([CH2]CCC)[CH2]N(CCN)C(=O)O. The molecule has 0 radical (unpaired) electrons. The quantitative estimate of drug-likeness (QED) is 0.447. The van der Waals surface area contributed by atoms with Crippen molar-refractivity contribution in [2.24, 2.45) is 5.73 Å². The van der Waals surface area contributed by atoms with Crippen molar-refractivity contribution in [1.82, 2.24) is 4.90 Å². The normalized spacial score (nSPS) is 11.6. The first-order valence-corrected chi connectivity index (χ1v) is 16.8. The van der Waals surface area contributed by atoms with Crippen molar-refractivity contribution in [3.05, 3.63) is 0 Å². The summed E-state index contributed by atoms with van der Waals surface area (Å²) in [5.41, 5.74) is 5.60. The Morgan fingerprint density at radius 2 is 1.43 bits per heavy atom. The number of nitrogens with two attached hydrogens (primary N) is 1. The molecule has 0 saturated heterocycles. The fourth-order valence-corrected chi connectivity index (χ4v) is 19.2. The van der Waals surface area contributed by atoms with Crippen LogP contribution in [0.3, 0.4) is 0 Å². The third kappa shape index (κ3) is 8.91. The Hall–Kier alpha value is 0.0287. The number of hydrogen-bond acceptors (Lipinski definition) is 2. The minimum absolute atomic E-state index is 0.434. The van der Waals surface area contributed by atoms with Gasteiger partial charge in [-0.2, -0.15) is 0 Å². The summed E-state index contributed by atoms with van der Waals surface area (Å²) in [7, 11) is 0. The Bertz CT molecular complexity index is 253. The van der Waals surface area contributed by atoms with Crippen molar-refractivity contribution < 1.29 is 9.90 Å². The van der Waals surface area contributed by atoms with Crippen molar-refractivity contribution in [3.8, 4) is 0 Å². The predicted octanol–water partition coefficient (Wildman–Crippen LogP) is 4.31. The first kappa shape index (κ1) is 21.0. The van der Waals surface area contributed by atoms with Gasteiger partial charge in [-0.15, -0.1) is 0 Å². The third-order valence-corrected chi connectivity index (χ3v) is 19.5. The van der Waals surface area contributed by atoms with Crippen LogP contribution < -0.4 is 5.73 Å². The molecule has 1 amide bonds. The zero-order valence-corrected chi connectivity index (χ0v) is 17.2. The van der Waals surface area contributed by atoms with E-state index in [9.17, 15) is 9.90 Å². The fourth-order valence-electron chi connectivity index (χ4n) is 3.07. The van der Waals surface area contributed by atoms with E-state index in [2.05, 4.69) is 20.8 Å². The molecule has 4 nitrogen and oxygen atoms in total. The third-order valence-electron chi connectivity index (χ3n) is 4.38. The van der Waals surface area contributed by atoms with E-state index in [1.54, 1.807) is 4.90 Å². The van der Waals surface area contributed by atoms with Crippen molar-refractivity contribution >= 4 is 24.5 Å². The summed E-state index contributed by atoms with van der Waals surface area (Å²) in [5.74, 6) is 0. The molecule has 5 heteroatoms. The molecule has 0 unspecified atom stereocenters. The van der Waals surface area contributed by atoms with Crippen LogP contribution in [0.5, 0.6) is 0 Å². The fraction of sp³-hybridized carbons (Fsp3) is 0.938. The maximum absolute atomic E-state index is 11.5. The Kier molecular flexibility index (Phi) is 12.6. The van der Waals surface area contributed by atoms with E-state index in [1.807, 2.05) is 0 Å². The molecule has 0 heterocycles. The average Bonchev–Trinajstić information content (AvgIpc) is 2.48. The van der Waals surface area contributed by atoms with Gasteiger partial charge in [0.05, 0.1) is 0 Å². The summed E-state index contributed by atoms with van der Waals surface area (Å²) in [6.07, 6.45) is 6.73. The second-order valence-corrected chi connectivity index (χ2v) is 20.0. The van der Waals surface area contributed by atoms with Crippen LogP contribution in [0, 0.1) is 0 Å². The molecular formula is C16H36N2O2Sn. The number of carbonyl (C=O) groups is 1. The first-order valence-electron chi connectivity index (χ1n) is 8.73. The Labute approximate surface area is 135 Å². The Morgan fingerprint density at radius 3 is 1.71 bits per heavy atom. The van der Waals surface area contributed by atoms with Crippen molar-refractivity contribution in [1.29, 1.82) is 0 Å². The van der Waals surface area contributed by atoms with Crippen LogP contribution in [0.1, 0.15) is 59.3 Å². The number of nitrogens with zero attached hydrogens (tertiary/aromatic N) is 1.